The van der Waals surface area contributed by atoms with Gasteiger partial charge in [-0.15, -0.1) is 0 Å². The first-order valence-corrected chi connectivity index (χ1v) is 5.78. The van der Waals surface area contributed by atoms with E-state index in [0.717, 1.165) is 12.3 Å². The molecular formula is C12H16N2O3. The smallest absolute Gasteiger partial charge is 0.338 e. The number of rotatable bonds is 5. The van der Waals surface area contributed by atoms with Crippen molar-refractivity contribution >= 4 is 11.7 Å². The number of aromatic carboxylic acids is 1. The van der Waals surface area contributed by atoms with Crippen molar-refractivity contribution in [2.75, 3.05) is 12.3 Å². The van der Waals surface area contributed by atoms with Crippen LogP contribution in [0.1, 0.15) is 36.0 Å². The second kappa shape index (κ2) is 5.03. The zero-order valence-electron chi connectivity index (χ0n) is 9.56. The number of carbonyl (C=O) groups is 1. The Morgan fingerprint density at radius 1 is 1.59 bits per heavy atom. The van der Waals surface area contributed by atoms with Crippen LogP contribution in [0.25, 0.3) is 0 Å². The summed E-state index contributed by atoms with van der Waals surface area (Å²) in [6.45, 7) is 0.584. The van der Waals surface area contributed by atoms with E-state index in [1.54, 1.807) is 0 Å². The number of anilines is 1. The van der Waals surface area contributed by atoms with Crippen molar-refractivity contribution in [3.05, 3.63) is 17.8 Å². The topological polar surface area (TPSA) is 85.4 Å². The van der Waals surface area contributed by atoms with Crippen LogP contribution in [-0.2, 0) is 0 Å². The highest BCUT2D eigenvalue weighted by Gasteiger charge is 2.17. The van der Waals surface area contributed by atoms with Crippen molar-refractivity contribution in [3.63, 3.8) is 0 Å². The van der Waals surface area contributed by atoms with Gasteiger partial charge in [0.25, 0.3) is 0 Å². The molecule has 1 heterocycles. The van der Waals surface area contributed by atoms with Crippen LogP contribution in [0.3, 0.4) is 0 Å². The van der Waals surface area contributed by atoms with E-state index < -0.39 is 5.97 Å². The number of nitrogens with two attached hydrogens (primary N) is 1. The number of nitrogens with zero attached hydrogens (tertiary/aromatic N) is 1. The normalized spacial score (nSPS) is 15.3. The van der Waals surface area contributed by atoms with Crippen molar-refractivity contribution in [3.8, 4) is 5.88 Å². The lowest BCUT2D eigenvalue weighted by Gasteiger charge is -2.24. The molecule has 0 spiro atoms. The Balaban J connectivity index is 1.91. The van der Waals surface area contributed by atoms with Gasteiger partial charge in [-0.05, 0) is 12.3 Å². The summed E-state index contributed by atoms with van der Waals surface area (Å²) in [5.41, 5.74) is 5.70. The van der Waals surface area contributed by atoms with E-state index in [2.05, 4.69) is 4.98 Å². The molecule has 0 aliphatic heterocycles. The van der Waals surface area contributed by atoms with Gasteiger partial charge in [0.05, 0.1) is 24.1 Å². The lowest BCUT2D eigenvalue weighted by molar-refractivity contribution is 0.0697. The quantitative estimate of drug-likeness (QED) is 0.815. The standard InChI is InChI=1S/C12H16N2O3/c13-10-7-14-11(6-9(10)12(15)16)17-5-4-8-2-1-3-8/h6-8H,1-5,13H2,(H,15,16). The summed E-state index contributed by atoms with van der Waals surface area (Å²) in [5.74, 6) is 0.0346. The number of carboxylic acid groups (broad SMARTS) is 1. The Morgan fingerprint density at radius 3 is 2.94 bits per heavy atom. The van der Waals surface area contributed by atoms with Crippen LogP contribution < -0.4 is 10.5 Å². The number of pyridine rings is 1. The zero-order valence-corrected chi connectivity index (χ0v) is 9.56. The molecule has 0 aromatic carbocycles. The van der Waals surface area contributed by atoms with Gasteiger partial charge in [0.15, 0.2) is 0 Å². The summed E-state index contributed by atoms with van der Waals surface area (Å²) in [4.78, 5) is 14.8. The van der Waals surface area contributed by atoms with Gasteiger partial charge in [-0.1, -0.05) is 19.3 Å². The lowest BCUT2D eigenvalue weighted by atomic mass is 9.83. The molecular weight excluding hydrogens is 220 g/mol. The molecule has 1 fully saturated rings. The summed E-state index contributed by atoms with van der Waals surface area (Å²) >= 11 is 0. The van der Waals surface area contributed by atoms with Gasteiger partial charge in [0.1, 0.15) is 0 Å². The minimum absolute atomic E-state index is 0.0404. The maximum Gasteiger partial charge on any atom is 0.338 e. The van der Waals surface area contributed by atoms with Gasteiger partial charge >= 0.3 is 5.97 Å². The Hall–Kier alpha value is -1.78. The summed E-state index contributed by atoms with van der Waals surface area (Å²) < 4.78 is 5.43. The monoisotopic (exact) mass is 236 g/mol. The van der Waals surface area contributed by atoms with Crippen LogP contribution in [0, 0.1) is 5.92 Å². The molecule has 1 aromatic rings. The highest BCUT2D eigenvalue weighted by Crippen LogP contribution is 2.29. The average Bonchev–Trinajstić information content (AvgIpc) is 2.23. The molecule has 1 aromatic heterocycles. The first-order valence-electron chi connectivity index (χ1n) is 5.78. The van der Waals surface area contributed by atoms with Crippen LogP contribution in [0.2, 0.25) is 0 Å². The van der Waals surface area contributed by atoms with E-state index in [1.165, 1.54) is 31.5 Å². The molecule has 17 heavy (non-hydrogen) atoms. The molecule has 92 valence electrons. The zero-order chi connectivity index (χ0) is 12.3. The van der Waals surface area contributed by atoms with E-state index in [4.69, 9.17) is 15.6 Å². The molecule has 0 radical (unpaired) electrons. The average molecular weight is 236 g/mol. The van der Waals surface area contributed by atoms with E-state index in [1.807, 2.05) is 0 Å². The molecule has 3 N–H and O–H groups in total. The predicted molar refractivity (Wildman–Crippen MR) is 63.1 cm³/mol. The summed E-state index contributed by atoms with van der Waals surface area (Å²) in [7, 11) is 0. The van der Waals surface area contributed by atoms with Gasteiger partial charge in [-0.25, -0.2) is 9.78 Å². The van der Waals surface area contributed by atoms with Crippen molar-refractivity contribution < 1.29 is 14.6 Å². The highest BCUT2D eigenvalue weighted by molar-refractivity contribution is 5.93. The molecule has 1 saturated carbocycles. The number of hydrogen-bond donors (Lipinski definition) is 2. The van der Waals surface area contributed by atoms with E-state index in [0.29, 0.717) is 12.5 Å². The van der Waals surface area contributed by atoms with Crippen LogP contribution in [0.5, 0.6) is 5.88 Å². The van der Waals surface area contributed by atoms with Crippen molar-refractivity contribution in [2.45, 2.75) is 25.7 Å². The third-order valence-corrected chi connectivity index (χ3v) is 3.14. The Bertz CT molecular complexity index is 416. The molecule has 0 saturated heterocycles. The van der Waals surface area contributed by atoms with Gasteiger partial charge in [-0.3, -0.25) is 0 Å². The van der Waals surface area contributed by atoms with Crippen molar-refractivity contribution in [2.24, 2.45) is 5.92 Å². The van der Waals surface area contributed by atoms with Gasteiger partial charge in [0.2, 0.25) is 5.88 Å². The summed E-state index contributed by atoms with van der Waals surface area (Å²) in [5, 5.41) is 8.89. The maximum absolute atomic E-state index is 10.8. The van der Waals surface area contributed by atoms with Gasteiger partial charge in [-0.2, -0.15) is 0 Å². The summed E-state index contributed by atoms with van der Waals surface area (Å²) in [6.07, 6.45) is 6.20. The number of aromatic nitrogens is 1. The number of nitrogen functional groups attached to an aromatic ring is 1. The van der Waals surface area contributed by atoms with E-state index >= 15 is 0 Å². The highest BCUT2D eigenvalue weighted by atomic mass is 16.5. The number of carboxylic acids is 1. The third-order valence-electron chi connectivity index (χ3n) is 3.14. The van der Waals surface area contributed by atoms with E-state index in [-0.39, 0.29) is 11.3 Å². The van der Waals surface area contributed by atoms with Gasteiger partial charge < -0.3 is 15.6 Å². The first-order chi connectivity index (χ1) is 8.16. The van der Waals surface area contributed by atoms with Crippen LogP contribution in [-0.4, -0.2) is 22.7 Å². The molecule has 0 atom stereocenters. The fraction of sp³-hybridized carbons (Fsp3) is 0.500. The van der Waals surface area contributed by atoms with Gasteiger partial charge in [0, 0.05) is 6.07 Å². The Morgan fingerprint density at radius 2 is 2.35 bits per heavy atom. The maximum atomic E-state index is 10.8. The Labute approximate surface area is 99.6 Å². The predicted octanol–water partition coefficient (Wildman–Crippen LogP) is 1.93. The minimum Gasteiger partial charge on any atom is -0.478 e. The second-order valence-electron chi connectivity index (χ2n) is 4.35. The van der Waals surface area contributed by atoms with Crippen LogP contribution in [0.15, 0.2) is 12.3 Å². The molecule has 2 rings (SSSR count). The Kier molecular flexibility index (Phi) is 3.46. The molecule has 5 nitrogen and oxygen atoms in total. The molecule has 0 amide bonds. The molecule has 0 unspecified atom stereocenters. The minimum atomic E-state index is -1.06. The number of hydrogen-bond acceptors (Lipinski definition) is 4. The fourth-order valence-corrected chi connectivity index (χ4v) is 1.82. The first kappa shape index (κ1) is 11.7. The number of ether oxygens (including phenoxy) is 1. The molecule has 0 bridgehead atoms. The SMILES string of the molecule is Nc1cnc(OCCC2CCC2)cc1C(=O)O. The molecule has 1 aliphatic rings. The second-order valence-corrected chi connectivity index (χ2v) is 4.35. The largest absolute Gasteiger partial charge is 0.478 e. The molecule has 1 aliphatic carbocycles. The van der Waals surface area contributed by atoms with Crippen molar-refractivity contribution in [1.82, 2.24) is 4.98 Å². The lowest BCUT2D eigenvalue weighted by Crippen LogP contribution is -2.15. The third kappa shape index (κ3) is 2.87. The fourth-order valence-electron chi connectivity index (χ4n) is 1.82. The van der Waals surface area contributed by atoms with Crippen molar-refractivity contribution in [1.29, 1.82) is 0 Å². The molecule has 5 heteroatoms. The van der Waals surface area contributed by atoms with Crippen LogP contribution >= 0.6 is 0 Å². The van der Waals surface area contributed by atoms with Crippen LogP contribution in [0.4, 0.5) is 5.69 Å². The summed E-state index contributed by atoms with van der Waals surface area (Å²) in [6, 6.07) is 1.37. The van der Waals surface area contributed by atoms with E-state index in [9.17, 15) is 4.79 Å².